The van der Waals surface area contributed by atoms with Crippen LogP contribution >= 0.6 is 0 Å². The zero-order valence-electron chi connectivity index (χ0n) is 14.9. The average molecular weight is 344 g/mol. The second-order valence-electron chi connectivity index (χ2n) is 6.42. The molecule has 0 aromatic heterocycles. The molecule has 24 heavy (non-hydrogen) atoms. The molecule has 0 aliphatic carbocycles. The number of rotatable bonds is 8. The monoisotopic (exact) mass is 344 g/mol. The molecule has 2 atom stereocenters. The maximum atomic E-state index is 13.3. The van der Waals surface area contributed by atoms with Crippen molar-refractivity contribution in [3.05, 3.63) is 35.4 Å². The SMILES string of the molecule is CCCC(CC)COC(=O)c1ccc(C(C)(CC)C(F)(F)F)cc1. The highest BCUT2D eigenvalue weighted by molar-refractivity contribution is 5.89. The molecule has 0 radical (unpaired) electrons. The molecule has 0 fully saturated rings. The molecule has 1 aromatic rings. The third-order valence-corrected chi connectivity index (χ3v) is 4.81. The molecule has 0 spiro atoms. The van der Waals surface area contributed by atoms with Gasteiger partial charge in [0.25, 0.3) is 0 Å². The molecule has 0 bridgehead atoms. The zero-order valence-corrected chi connectivity index (χ0v) is 14.9. The first-order valence-electron chi connectivity index (χ1n) is 8.53. The molecular formula is C19H27F3O2. The van der Waals surface area contributed by atoms with E-state index in [2.05, 4.69) is 6.92 Å². The number of carbonyl (C=O) groups is 1. The van der Waals surface area contributed by atoms with Crippen LogP contribution in [0.5, 0.6) is 0 Å². The minimum atomic E-state index is -4.34. The summed E-state index contributed by atoms with van der Waals surface area (Å²) in [5, 5.41) is 0. The van der Waals surface area contributed by atoms with E-state index in [0.29, 0.717) is 12.5 Å². The van der Waals surface area contributed by atoms with Crippen LogP contribution in [0.3, 0.4) is 0 Å². The van der Waals surface area contributed by atoms with E-state index in [4.69, 9.17) is 4.74 Å². The summed E-state index contributed by atoms with van der Waals surface area (Å²) in [7, 11) is 0. The van der Waals surface area contributed by atoms with Crippen molar-refractivity contribution in [2.24, 2.45) is 5.92 Å². The molecule has 0 aliphatic heterocycles. The third kappa shape index (κ3) is 4.74. The molecule has 0 N–H and O–H groups in total. The van der Waals surface area contributed by atoms with Gasteiger partial charge in [0.15, 0.2) is 0 Å². The van der Waals surface area contributed by atoms with Gasteiger partial charge < -0.3 is 4.74 Å². The predicted molar refractivity (Wildman–Crippen MR) is 89.1 cm³/mol. The van der Waals surface area contributed by atoms with Crippen molar-refractivity contribution in [3.63, 3.8) is 0 Å². The van der Waals surface area contributed by atoms with Crippen LogP contribution in [-0.4, -0.2) is 18.8 Å². The highest BCUT2D eigenvalue weighted by Gasteiger charge is 2.50. The molecule has 0 amide bonds. The van der Waals surface area contributed by atoms with E-state index < -0.39 is 17.6 Å². The fraction of sp³-hybridized carbons (Fsp3) is 0.632. The van der Waals surface area contributed by atoms with E-state index in [-0.39, 0.29) is 17.5 Å². The quantitative estimate of drug-likeness (QED) is 0.549. The molecule has 2 unspecified atom stereocenters. The second-order valence-corrected chi connectivity index (χ2v) is 6.42. The van der Waals surface area contributed by atoms with Crippen molar-refractivity contribution in [1.29, 1.82) is 0 Å². The van der Waals surface area contributed by atoms with Gasteiger partial charge in [0.2, 0.25) is 0 Å². The molecule has 0 aliphatic rings. The molecule has 0 heterocycles. The van der Waals surface area contributed by atoms with Crippen molar-refractivity contribution in [2.45, 2.75) is 65.0 Å². The first kappa shape index (κ1) is 20.5. The summed E-state index contributed by atoms with van der Waals surface area (Å²) >= 11 is 0. The van der Waals surface area contributed by atoms with E-state index in [1.165, 1.54) is 38.1 Å². The summed E-state index contributed by atoms with van der Waals surface area (Å²) in [5.74, 6) is -0.159. The molecule has 0 saturated carbocycles. The van der Waals surface area contributed by atoms with Crippen LogP contribution < -0.4 is 0 Å². The van der Waals surface area contributed by atoms with Crippen LogP contribution in [0.4, 0.5) is 13.2 Å². The summed E-state index contributed by atoms with van der Waals surface area (Å²) in [6.07, 6.45) is -1.45. The summed E-state index contributed by atoms with van der Waals surface area (Å²) in [4.78, 5) is 12.1. The van der Waals surface area contributed by atoms with Crippen molar-refractivity contribution in [1.82, 2.24) is 0 Å². The smallest absolute Gasteiger partial charge is 0.398 e. The van der Waals surface area contributed by atoms with E-state index >= 15 is 0 Å². The van der Waals surface area contributed by atoms with Crippen LogP contribution in [-0.2, 0) is 10.2 Å². The van der Waals surface area contributed by atoms with Crippen molar-refractivity contribution < 1.29 is 22.7 Å². The Kier molecular flexibility index (Phi) is 7.30. The van der Waals surface area contributed by atoms with Gasteiger partial charge in [-0.15, -0.1) is 0 Å². The van der Waals surface area contributed by atoms with Gasteiger partial charge in [0.1, 0.15) is 0 Å². The lowest BCUT2D eigenvalue weighted by Crippen LogP contribution is -2.38. The zero-order chi connectivity index (χ0) is 18.4. The van der Waals surface area contributed by atoms with Crippen molar-refractivity contribution >= 4 is 5.97 Å². The van der Waals surface area contributed by atoms with Gasteiger partial charge in [0.05, 0.1) is 17.6 Å². The predicted octanol–water partition coefficient (Wildman–Crippen LogP) is 5.90. The Morgan fingerprint density at radius 1 is 1.12 bits per heavy atom. The van der Waals surface area contributed by atoms with Crippen molar-refractivity contribution in [2.75, 3.05) is 6.61 Å². The summed E-state index contributed by atoms with van der Waals surface area (Å²) in [5.41, 5.74) is -1.47. The fourth-order valence-corrected chi connectivity index (χ4v) is 2.63. The molecule has 136 valence electrons. The van der Waals surface area contributed by atoms with Gasteiger partial charge in [-0.3, -0.25) is 0 Å². The van der Waals surface area contributed by atoms with Gasteiger partial charge in [0, 0.05) is 0 Å². The number of hydrogen-bond donors (Lipinski definition) is 0. The van der Waals surface area contributed by atoms with E-state index in [1.54, 1.807) is 0 Å². The Hall–Kier alpha value is -1.52. The third-order valence-electron chi connectivity index (χ3n) is 4.81. The maximum absolute atomic E-state index is 13.3. The molecular weight excluding hydrogens is 317 g/mol. The largest absolute Gasteiger partial charge is 0.462 e. The van der Waals surface area contributed by atoms with Gasteiger partial charge in [-0.05, 0) is 43.4 Å². The Morgan fingerprint density at radius 2 is 1.71 bits per heavy atom. The first-order valence-corrected chi connectivity index (χ1v) is 8.53. The maximum Gasteiger partial charge on any atom is 0.398 e. The number of benzene rings is 1. The van der Waals surface area contributed by atoms with Crippen LogP contribution in [0.2, 0.25) is 0 Å². The van der Waals surface area contributed by atoms with Crippen LogP contribution in [0, 0.1) is 5.92 Å². The Bertz CT molecular complexity index is 522. The number of esters is 1. The minimum Gasteiger partial charge on any atom is -0.462 e. The van der Waals surface area contributed by atoms with E-state index in [9.17, 15) is 18.0 Å². The number of halogens is 3. The normalized spacial score (nSPS) is 15.6. The molecule has 1 rings (SSSR count). The summed E-state index contributed by atoms with van der Waals surface area (Å²) < 4.78 is 45.1. The average Bonchev–Trinajstić information content (AvgIpc) is 2.56. The minimum absolute atomic E-state index is 0.0600. The van der Waals surface area contributed by atoms with Gasteiger partial charge >= 0.3 is 12.1 Å². The lowest BCUT2D eigenvalue weighted by atomic mass is 9.79. The fourth-order valence-electron chi connectivity index (χ4n) is 2.63. The Balaban J connectivity index is 2.82. The van der Waals surface area contributed by atoms with Crippen LogP contribution in [0.1, 0.15) is 69.3 Å². The second kappa shape index (κ2) is 8.54. The first-order chi connectivity index (χ1) is 11.2. The van der Waals surface area contributed by atoms with Crippen LogP contribution in [0.15, 0.2) is 24.3 Å². The van der Waals surface area contributed by atoms with E-state index in [1.807, 2.05) is 6.92 Å². The van der Waals surface area contributed by atoms with E-state index in [0.717, 1.165) is 19.3 Å². The summed E-state index contributed by atoms with van der Waals surface area (Å²) in [6, 6.07) is 5.57. The van der Waals surface area contributed by atoms with Gasteiger partial charge in [-0.25, -0.2) is 4.79 Å². The highest BCUT2D eigenvalue weighted by atomic mass is 19.4. The number of alkyl halides is 3. The standard InChI is InChI=1S/C19H27F3O2/c1-5-8-14(6-2)13-24-17(23)15-9-11-16(12-10-15)18(4,7-3)19(20,21)22/h9-12,14H,5-8,13H2,1-4H3. The van der Waals surface area contributed by atoms with Crippen LogP contribution in [0.25, 0.3) is 0 Å². The number of hydrogen-bond acceptors (Lipinski definition) is 2. The lowest BCUT2D eigenvalue weighted by molar-refractivity contribution is -0.186. The summed E-state index contributed by atoms with van der Waals surface area (Å²) in [6.45, 7) is 7.16. The molecule has 5 heteroatoms. The molecule has 1 aromatic carbocycles. The molecule has 0 saturated heterocycles. The Labute approximate surface area is 142 Å². The molecule has 2 nitrogen and oxygen atoms in total. The van der Waals surface area contributed by atoms with Gasteiger partial charge in [-0.1, -0.05) is 45.7 Å². The lowest BCUT2D eigenvalue weighted by Gasteiger charge is -2.31. The van der Waals surface area contributed by atoms with Gasteiger partial charge in [-0.2, -0.15) is 13.2 Å². The number of ether oxygens (including phenoxy) is 1. The number of carbonyl (C=O) groups excluding carboxylic acids is 1. The highest BCUT2D eigenvalue weighted by Crippen LogP contribution is 2.43. The van der Waals surface area contributed by atoms with Crippen molar-refractivity contribution in [3.8, 4) is 0 Å². The topological polar surface area (TPSA) is 26.3 Å². The Morgan fingerprint density at radius 3 is 2.12 bits per heavy atom.